The van der Waals surface area contributed by atoms with Gasteiger partial charge in [0.1, 0.15) is 18.1 Å². The summed E-state index contributed by atoms with van der Waals surface area (Å²) in [5.41, 5.74) is 3.18. The molecule has 40 heavy (non-hydrogen) atoms. The number of benzene rings is 3. The van der Waals surface area contributed by atoms with Crippen molar-refractivity contribution in [3.05, 3.63) is 118 Å². The average molecular weight is 590 g/mol. The Balaban J connectivity index is 1.54. The number of hydrogen-bond acceptors (Lipinski definition) is 8. The van der Waals surface area contributed by atoms with E-state index < -0.39 is 17.7 Å². The molecule has 5 rings (SSSR count). The summed E-state index contributed by atoms with van der Waals surface area (Å²) < 4.78 is 6.35. The third-order valence-corrected chi connectivity index (χ3v) is 8.57. The summed E-state index contributed by atoms with van der Waals surface area (Å²) in [7, 11) is 0. The van der Waals surface area contributed by atoms with Crippen LogP contribution in [0.15, 0.2) is 95.4 Å². The number of ketones is 1. The molecule has 10 heteroatoms. The lowest BCUT2D eigenvalue weighted by Crippen LogP contribution is -2.29. The first-order valence-electron chi connectivity index (χ1n) is 12.3. The van der Waals surface area contributed by atoms with E-state index in [1.165, 1.54) is 33.6 Å². The molecule has 0 saturated carbocycles. The summed E-state index contributed by atoms with van der Waals surface area (Å²) in [6.45, 7) is 5.99. The Bertz CT molecular complexity index is 1600. The number of anilines is 1. The van der Waals surface area contributed by atoms with Crippen molar-refractivity contribution in [1.29, 1.82) is 0 Å². The molecule has 1 atom stereocenters. The molecule has 1 aliphatic heterocycles. The van der Waals surface area contributed by atoms with Crippen LogP contribution in [-0.2, 0) is 15.3 Å². The number of aliphatic hydroxyl groups excluding tert-OH is 1. The van der Waals surface area contributed by atoms with Gasteiger partial charge in [-0.05, 0) is 54.4 Å². The summed E-state index contributed by atoms with van der Waals surface area (Å²) in [5, 5.41) is 20.6. The second kappa shape index (κ2) is 12.1. The molecule has 1 aliphatic rings. The molecule has 1 unspecified atom stereocenters. The second-order valence-electron chi connectivity index (χ2n) is 8.97. The van der Waals surface area contributed by atoms with Crippen LogP contribution in [0, 0.1) is 6.92 Å². The minimum absolute atomic E-state index is 0.0581. The Morgan fingerprint density at radius 2 is 1.88 bits per heavy atom. The van der Waals surface area contributed by atoms with Crippen LogP contribution < -0.4 is 9.64 Å². The van der Waals surface area contributed by atoms with Crippen molar-refractivity contribution in [3.63, 3.8) is 0 Å². The van der Waals surface area contributed by atoms with Gasteiger partial charge in [-0.2, -0.15) is 0 Å². The number of Topliss-reactive ketones (excluding diaryl/α,β-unsaturated/α-hetero) is 1. The maximum atomic E-state index is 13.5. The van der Waals surface area contributed by atoms with Crippen molar-refractivity contribution >= 4 is 57.3 Å². The zero-order valence-corrected chi connectivity index (χ0v) is 23.8. The molecular formula is C30H24ClN3O4S2. The highest BCUT2D eigenvalue weighted by atomic mass is 35.5. The normalized spacial score (nSPS) is 16.4. The van der Waals surface area contributed by atoms with Crippen molar-refractivity contribution in [1.82, 2.24) is 10.2 Å². The van der Waals surface area contributed by atoms with E-state index in [9.17, 15) is 14.7 Å². The molecule has 1 N–H and O–H groups in total. The van der Waals surface area contributed by atoms with Gasteiger partial charge in [0, 0.05) is 16.3 Å². The molecule has 1 saturated heterocycles. The van der Waals surface area contributed by atoms with Gasteiger partial charge in [0.15, 0.2) is 4.34 Å². The second-order valence-corrected chi connectivity index (χ2v) is 11.6. The van der Waals surface area contributed by atoms with Crippen molar-refractivity contribution in [2.75, 3.05) is 11.5 Å². The van der Waals surface area contributed by atoms with E-state index in [0.29, 0.717) is 32.0 Å². The number of ether oxygens (including phenoxy) is 1. The monoisotopic (exact) mass is 589 g/mol. The number of aromatic nitrogens is 2. The molecule has 1 aromatic heterocycles. The smallest absolute Gasteiger partial charge is 0.301 e. The maximum absolute atomic E-state index is 13.5. The van der Waals surface area contributed by atoms with Gasteiger partial charge >= 0.3 is 5.91 Å². The van der Waals surface area contributed by atoms with Gasteiger partial charge in [-0.25, -0.2) is 0 Å². The predicted octanol–water partition coefficient (Wildman–Crippen LogP) is 6.98. The molecular weight excluding hydrogens is 566 g/mol. The summed E-state index contributed by atoms with van der Waals surface area (Å²) >= 11 is 8.73. The standard InChI is InChI=1S/C30H24ClN3O4S2/c1-3-15-38-23-6-4-5-21(16-23)25-24(26(35)20-11-13-22(31)14-12-20)27(36)28(37)34(25)29-32-33-30(40-29)39-17-19-9-7-18(2)8-10-19/h3-14,16,25,35H,1,15,17H2,2H3. The topological polar surface area (TPSA) is 92.6 Å². The van der Waals surface area contributed by atoms with Crippen LogP contribution in [0.25, 0.3) is 5.76 Å². The van der Waals surface area contributed by atoms with Crippen LogP contribution in [0.5, 0.6) is 5.75 Å². The van der Waals surface area contributed by atoms with E-state index >= 15 is 0 Å². The zero-order valence-electron chi connectivity index (χ0n) is 21.4. The van der Waals surface area contributed by atoms with Gasteiger partial charge < -0.3 is 9.84 Å². The number of aryl methyl sites for hydroxylation is 1. The van der Waals surface area contributed by atoms with Crippen LogP contribution in [0.4, 0.5) is 5.13 Å². The molecule has 0 bridgehead atoms. The first kappa shape index (κ1) is 27.6. The number of thioether (sulfide) groups is 1. The fraction of sp³-hybridized carbons (Fsp3) is 0.133. The Morgan fingerprint density at radius 3 is 2.60 bits per heavy atom. The van der Waals surface area contributed by atoms with Gasteiger partial charge in [0.2, 0.25) is 5.13 Å². The number of carbonyl (C=O) groups excluding carboxylic acids is 2. The van der Waals surface area contributed by atoms with Gasteiger partial charge in [-0.15, -0.1) is 10.2 Å². The summed E-state index contributed by atoms with van der Waals surface area (Å²) in [5.74, 6) is -0.723. The van der Waals surface area contributed by atoms with Gasteiger partial charge in [0.05, 0.1) is 11.6 Å². The van der Waals surface area contributed by atoms with Gasteiger partial charge in [-0.3, -0.25) is 14.5 Å². The molecule has 1 amide bonds. The molecule has 0 spiro atoms. The number of rotatable bonds is 9. The van der Waals surface area contributed by atoms with Crippen molar-refractivity contribution in [3.8, 4) is 5.75 Å². The number of amides is 1. The fourth-order valence-electron chi connectivity index (χ4n) is 4.23. The van der Waals surface area contributed by atoms with E-state index in [1.807, 2.05) is 6.92 Å². The van der Waals surface area contributed by atoms with E-state index in [-0.39, 0.29) is 23.1 Å². The first-order chi connectivity index (χ1) is 19.4. The molecule has 3 aromatic carbocycles. The molecule has 1 fully saturated rings. The highest BCUT2D eigenvalue weighted by Gasteiger charge is 2.48. The minimum atomic E-state index is -0.953. The molecule has 2 heterocycles. The lowest BCUT2D eigenvalue weighted by atomic mass is 9.95. The molecule has 7 nitrogen and oxygen atoms in total. The van der Waals surface area contributed by atoms with Gasteiger partial charge in [0.25, 0.3) is 5.78 Å². The molecule has 0 aliphatic carbocycles. The average Bonchev–Trinajstić information content (AvgIpc) is 3.53. The number of carbonyl (C=O) groups is 2. The Hall–Kier alpha value is -3.92. The van der Waals surface area contributed by atoms with Gasteiger partial charge in [-0.1, -0.05) is 89.3 Å². The lowest BCUT2D eigenvalue weighted by molar-refractivity contribution is -0.132. The summed E-state index contributed by atoms with van der Waals surface area (Å²) in [6.07, 6.45) is 1.62. The number of hydrogen-bond donors (Lipinski definition) is 1. The van der Waals surface area contributed by atoms with Crippen LogP contribution in [0.1, 0.15) is 28.3 Å². The van der Waals surface area contributed by atoms with Crippen LogP contribution in [0.3, 0.4) is 0 Å². The van der Waals surface area contributed by atoms with Crippen molar-refractivity contribution in [2.45, 2.75) is 23.1 Å². The number of aliphatic hydroxyl groups is 1. The highest BCUT2D eigenvalue weighted by molar-refractivity contribution is 8.00. The highest BCUT2D eigenvalue weighted by Crippen LogP contribution is 2.44. The van der Waals surface area contributed by atoms with E-state index in [0.717, 1.165) is 5.56 Å². The Morgan fingerprint density at radius 1 is 1.12 bits per heavy atom. The Kier molecular flexibility index (Phi) is 8.35. The largest absolute Gasteiger partial charge is 0.507 e. The fourth-order valence-corrected chi connectivity index (χ4v) is 6.17. The summed E-state index contributed by atoms with van der Waals surface area (Å²) in [6, 6.07) is 20.7. The molecule has 0 radical (unpaired) electrons. The van der Waals surface area contributed by atoms with Crippen LogP contribution in [-0.4, -0.2) is 33.6 Å². The predicted molar refractivity (Wildman–Crippen MR) is 159 cm³/mol. The quantitative estimate of drug-likeness (QED) is 0.0562. The van der Waals surface area contributed by atoms with Crippen molar-refractivity contribution in [2.24, 2.45) is 0 Å². The van der Waals surface area contributed by atoms with E-state index in [1.54, 1.807) is 54.6 Å². The van der Waals surface area contributed by atoms with E-state index in [4.69, 9.17) is 16.3 Å². The van der Waals surface area contributed by atoms with Crippen molar-refractivity contribution < 1.29 is 19.4 Å². The zero-order chi connectivity index (χ0) is 28.2. The third-order valence-electron chi connectivity index (χ3n) is 6.19. The van der Waals surface area contributed by atoms with E-state index in [2.05, 4.69) is 41.0 Å². The van der Waals surface area contributed by atoms with Crippen LogP contribution in [0.2, 0.25) is 5.02 Å². The number of halogens is 1. The Labute approximate surface area is 244 Å². The first-order valence-corrected chi connectivity index (χ1v) is 14.5. The SMILES string of the molecule is C=CCOc1cccc(C2C(=C(O)c3ccc(Cl)cc3)C(=O)C(=O)N2c2nnc(SCc3ccc(C)cc3)s2)c1. The maximum Gasteiger partial charge on any atom is 0.301 e. The molecule has 202 valence electrons. The molecule has 4 aromatic rings. The summed E-state index contributed by atoms with van der Waals surface area (Å²) in [4.78, 5) is 28.2. The lowest BCUT2D eigenvalue weighted by Gasteiger charge is -2.23. The number of nitrogens with zero attached hydrogens (tertiary/aromatic N) is 3. The van der Waals surface area contributed by atoms with Crippen LogP contribution >= 0.6 is 34.7 Å². The third kappa shape index (κ3) is 5.82. The minimum Gasteiger partial charge on any atom is -0.507 e.